The molecule has 1 aromatic heterocycles. The minimum absolute atomic E-state index is 0.0170. The number of methoxy groups -OCH3 is 6. The largest absolute Gasteiger partial charge is 0.497 e. The lowest BCUT2D eigenvalue weighted by atomic mass is 9.63. The summed E-state index contributed by atoms with van der Waals surface area (Å²) in [5.41, 5.74) is 3.83. The first kappa shape index (κ1) is 34.1. The number of nitrogens with zero attached hydrogens (tertiary/aromatic N) is 1. The Labute approximate surface area is 276 Å². The molecule has 2 aromatic carbocycles. The van der Waals surface area contributed by atoms with E-state index in [2.05, 4.69) is 22.5 Å². The summed E-state index contributed by atoms with van der Waals surface area (Å²) in [6.07, 6.45) is 2.67. The van der Waals surface area contributed by atoms with E-state index in [1.807, 2.05) is 19.1 Å². The third-order valence-electron chi connectivity index (χ3n) is 9.76. The van der Waals surface area contributed by atoms with Crippen LogP contribution in [0, 0.1) is 17.8 Å². The van der Waals surface area contributed by atoms with Crippen LogP contribution in [0.1, 0.15) is 47.4 Å². The predicted molar refractivity (Wildman–Crippen MR) is 177 cm³/mol. The number of hydrogen-bond acceptors (Lipinski definition) is 10. The second-order valence-corrected chi connectivity index (χ2v) is 12.1. The number of esters is 2. The van der Waals surface area contributed by atoms with Gasteiger partial charge in [-0.3, -0.25) is 9.69 Å². The molecule has 11 nitrogen and oxygen atoms in total. The summed E-state index contributed by atoms with van der Waals surface area (Å²) in [4.78, 5) is 33.1. The molecule has 0 radical (unpaired) electrons. The molecule has 6 rings (SSSR count). The lowest BCUT2D eigenvalue weighted by Crippen LogP contribution is -2.58. The first-order valence-corrected chi connectivity index (χ1v) is 15.9. The van der Waals surface area contributed by atoms with Crippen LogP contribution in [-0.2, 0) is 25.4 Å². The number of rotatable bonds is 8. The quantitative estimate of drug-likeness (QED) is 0.252. The summed E-state index contributed by atoms with van der Waals surface area (Å²) in [7, 11) is 9.10. The maximum atomic E-state index is 13.5. The van der Waals surface area contributed by atoms with Crippen molar-refractivity contribution in [2.45, 2.75) is 44.4 Å². The van der Waals surface area contributed by atoms with E-state index in [0.29, 0.717) is 23.7 Å². The molecule has 6 atom stereocenters. The smallest absolute Gasteiger partial charge is 0.338 e. The summed E-state index contributed by atoms with van der Waals surface area (Å²) in [6.45, 7) is 6.93. The zero-order valence-corrected chi connectivity index (χ0v) is 28.3. The number of nitrogens with one attached hydrogen (secondary N) is 1. The molecule has 0 bridgehead atoms. The zero-order valence-electron chi connectivity index (χ0n) is 28.3. The topological polar surface area (TPSA) is 118 Å². The molecule has 1 aliphatic carbocycles. The van der Waals surface area contributed by atoms with Gasteiger partial charge in [-0.15, -0.1) is 6.58 Å². The molecule has 254 valence electrons. The Bertz CT molecular complexity index is 1580. The van der Waals surface area contributed by atoms with Crippen molar-refractivity contribution in [1.29, 1.82) is 0 Å². The number of benzene rings is 2. The first-order chi connectivity index (χ1) is 22.8. The number of carbonyl (C=O) groups is 2. The van der Waals surface area contributed by atoms with Gasteiger partial charge in [-0.2, -0.15) is 0 Å². The van der Waals surface area contributed by atoms with E-state index < -0.39 is 24.1 Å². The van der Waals surface area contributed by atoms with Crippen LogP contribution in [0.5, 0.6) is 23.0 Å². The fourth-order valence-corrected chi connectivity index (χ4v) is 7.76. The monoisotopic (exact) mass is 650 g/mol. The highest BCUT2D eigenvalue weighted by molar-refractivity contribution is 5.91. The average molecular weight is 651 g/mol. The second-order valence-electron chi connectivity index (χ2n) is 12.1. The lowest BCUT2D eigenvalue weighted by Gasteiger charge is -2.52. The number of H-pyrrole nitrogens is 1. The van der Waals surface area contributed by atoms with E-state index in [1.54, 1.807) is 32.4 Å². The second kappa shape index (κ2) is 14.7. The van der Waals surface area contributed by atoms with Gasteiger partial charge < -0.3 is 38.1 Å². The van der Waals surface area contributed by atoms with Crippen molar-refractivity contribution in [2.24, 2.45) is 17.8 Å². The van der Waals surface area contributed by atoms with E-state index in [4.69, 9.17) is 33.2 Å². The number of aromatic nitrogens is 1. The van der Waals surface area contributed by atoms with Crippen molar-refractivity contribution in [1.82, 2.24) is 9.88 Å². The molecule has 0 spiro atoms. The molecule has 2 fully saturated rings. The van der Waals surface area contributed by atoms with Gasteiger partial charge in [-0.25, -0.2) is 4.79 Å². The summed E-state index contributed by atoms with van der Waals surface area (Å²) in [6, 6.07) is 9.40. The minimum Gasteiger partial charge on any atom is -0.497 e. The van der Waals surface area contributed by atoms with E-state index >= 15 is 0 Å². The summed E-state index contributed by atoms with van der Waals surface area (Å²) >= 11 is 0. The minimum atomic E-state index is -0.670. The van der Waals surface area contributed by atoms with Crippen LogP contribution in [0.25, 0.3) is 10.9 Å². The van der Waals surface area contributed by atoms with Gasteiger partial charge in [-0.1, -0.05) is 6.08 Å². The SMILES string of the molecule is C=CC.COC(=O)[C@H]1[C@H]2C[C@@H]3c4[nH]c5cc(OC)ccc5c4CCN3C[C@H]2C[C@@H](OC(=O)c2cc(OC)c(OC)c(OC)c2)[C@@H]1OC. The first-order valence-electron chi connectivity index (χ1n) is 15.9. The van der Waals surface area contributed by atoms with Crippen LogP contribution >= 0.6 is 0 Å². The average Bonchev–Trinajstić information content (AvgIpc) is 3.47. The molecule has 1 saturated carbocycles. The summed E-state index contributed by atoms with van der Waals surface area (Å²) in [5, 5.41) is 1.21. The number of ether oxygens (including phenoxy) is 7. The predicted octanol–water partition coefficient (Wildman–Crippen LogP) is 5.36. The van der Waals surface area contributed by atoms with E-state index in [0.717, 1.165) is 37.2 Å². The summed E-state index contributed by atoms with van der Waals surface area (Å²) in [5.74, 6) is 0.441. The highest BCUT2D eigenvalue weighted by Crippen LogP contribution is 2.51. The Balaban J connectivity index is 0.00000139. The van der Waals surface area contributed by atoms with Crippen molar-refractivity contribution >= 4 is 22.8 Å². The van der Waals surface area contributed by atoms with E-state index in [-0.39, 0.29) is 29.4 Å². The number of carbonyl (C=O) groups excluding carboxylic acids is 2. The van der Waals surface area contributed by atoms with Gasteiger partial charge in [0.05, 0.1) is 53.1 Å². The van der Waals surface area contributed by atoms with Gasteiger partial charge in [-0.05, 0) is 67.9 Å². The Morgan fingerprint density at radius 1 is 0.957 bits per heavy atom. The van der Waals surface area contributed by atoms with Crippen LogP contribution in [0.15, 0.2) is 43.0 Å². The van der Waals surface area contributed by atoms with Gasteiger partial charge in [0.15, 0.2) is 11.5 Å². The van der Waals surface area contributed by atoms with Gasteiger partial charge in [0, 0.05) is 42.9 Å². The molecular formula is C36H46N2O9. The Morgan fingerprint density at radius 3 is 2.26 bits per heavy atom. The molecule has 1 saturated heterocycles. The van der Waals surface area contributed by atoms with E-state index in [1.165, 1.54) is 45.1 Å². The third-order valence-corrected chi connectivity index (χ3v) is 9.76. The van der Waals surface area contributed by atoms with Gasteiger partial charge in [0.25, 0.3) is 0 Å². The highest BCUT2D eigenvalue weighted by atomic mass is 16.6. The summed E-state index contributed by atoms with van der Waals surface area (Å²) < 4.78 is 39.1. The maximum absolute atomic E-state index is 13.5. The van der Waals surface area contributed by atoms with Gasteiger partial charge >= 0.3 is 11.9 Å². The Hall–Kier alpha value is -4.22. The molecule has 3 aromatic rings. The third kappa shape index (κ3) is 6.38. The van der Waals surface area contributed by atoms with Crippen LogP contribution < -0.4 is 18.9 Å². The van der Waals surface area contributed by atoms with E-state index in [9.17, 15) is 9.59 Å². The number of hydrogen-bond donors (Lipinski definition) is 1. The fourth-order valence-electron chi connectivity index (χ4n) is 7.76. The Morgan fingerprint density at radius 2 is 1.66 bits per heavy atom. The van der Waals surface area contributed by atoms with Crippen molar-refractivity contribution in [3.05, 3.63) is 59.8 Å². The van der Waals surface area contributed by atoms with Crippen molar-refractivity contribution in [3.63, 3.8) is 0 Å². The molecule has 3 heterocycles. The number of piperidine rings is 1. The van der Waals surface area contributed by atoms with Crippen molar-refractivity contribution in [3.8, 4) is 23.0 Å². The Kier molecular flexibility index (Phi) is 10.7. The number of aromatic amines is 1. The molecule has 1 N–H and O–H groups in total. The van der Waals surface area contributed by atoms with Crippen LogP contribution in [0.3, 0.4) is 0 Å². The molecule has 0 amide bonds. The molecule has 3 aliphatic rings. The fraction of sp³-hybridized carbons (Fsp3) is 0.500. The molecule has 0 unspecified atom stereocenters. The normalized spacial score (nSPS) is 24.7. The molecule has 11 heteroatoms. The molecule has 2 aliphatic heterocycles. The number of allylic oxidation sites excluding steroid dienone is 1. The molecule has 47 heavy (non-hydrogen) atoms. The standard InChI is InChI=1S/C33H40N2O9.C3H6/c1-38-19-7-8-20-21-9-10-35-16-18-13-27(44-32(36)17-11-25(39-2)30(41-4)26(12-17)40-3)31(42-5)28(33(37)43-6)22(18)15-24(35)29(21)34-23(20)14-19;1-3-2/h7-8,11-12,14,18,22,24,27-28,31,34H,9-10,13,15-16H2,1-6H3;3H,1H2,2H3/t18-,22+,24-,27-,28+,31+;/m1./s1. The van der Waals surface area contributed by atoms with Crippen LogP contribution in [-0.4, -0.2) is 89.8 Å². The van der Waals surface area contributed by atoms with Gasteiger partial charge in [0.2, 0.25) is 5.75 Å². The van der Waals surface area contributed by atoms with Crippen LogP contribution in [0.4, 0.5) is 0 Å². The lowest BCUT2D eigenvalue weighted by molar-refractivity contribution is -0.176. The maximum Gasteiger partial charge on any atom is 0.338 e. The van der Waals surface area contributed by atoms with Gasteiger partial charge in [0.1, 0.15) is 18.0 Å². The van der Waals surface area contributed by atoms with Crippen molar-refractivity contribution in [2.75, 3.05) is 55.7 Å². The zero-order chi connectivity index (χ0) is 33.8. The molecular weight excluding hydrogens is 604 g/mol. The number of fused-ring (bicyclic) bond motifs is 6. The van der Waals surface area contributed by atoms with Crippen molar-refractivity contribution < 1.29 is 42.7 Å². The highest BCUT2D eigenvalue weighted by Gasteiger charge is 2.54. The van der Waals surface area contributed by atoms with Crippen LogP contribution in [0.2, 0.25) is 0 Å².